The first-order chi connectivity index (χ1) is 14.0. The summed E-state index contributed by atoms with van der Waals surface area (Å²) in [6.07, 6.45) is 1.77. The molecule has 0 aliphatic carbocycles. The lowest BCUT2D eigenvalue weighted by Gasteiger charge is -2.31. The third-order valence-corrected chi connectivity index (χ3v) is 6.96. The molecule has 7 heteroatoms. The molecule has 0 unspecified atom stereocenters. The molecule has 1 amide bonds. The van der Waals surface area contributed by atoms with E-state index in [1.165, 1.54) is 5.56 Å². The minimum atomic E-state index is 0.105. The van der Waals surface area contributed by atoms with E-state index in [0.29, 0.717) is 16.6 Å². The van der Waals surface area contributed by atoms with E-state index in [0.717, 1.165) is 54.6 Å². The van der Waals surface area contributed by atoms with E-state index < -0.39 is 0 Å². The quantitative estimate of drug-likeness (QED) is 0.486. The van der Waals surface area contributed by atoms with E-state index in [1.807, 2.05) is 48.2 Å². The molecule has 2 aromatic rings. The van der Waals surface area contributed by atoms with Gasteiger partial charge in [0.1, 0.15) is 0 Å². The van der Waals surface area contributed by atoms with E-state index in [-0.39, 0.29) is 11.8 Å². The summed E-state index contributed by atoms with van der Waals surface area (Å²) in [5.41, 5.74) is 2.33. The zero-order valence-corrected chi connectivity index (χ0v) is 19.3. The molecule has 1 fully saturated rings. The number of carbonyl (C=O) groups excluding carboxylic acids is 1. The molecule has 1 aliphatic rings. The lowest BCUT2D eigenvalue weighted by molar-refractivity contribution is -0.126. The first-order valence-electron chi connectivity index (χ1n) is 9.77. The number of nitrogens with zero attached hydrogens (tertiary/aromatic N) is 1. The fraction of sp³-hybridized carbons (Fsp3) is 0.409. The Hall–Kier alpha value is -0.910. The molecule has 0 radical (unpaired) electrons. The number of benzene rings is 2. The van der Waals surface area contributed by atoms with Gasteiger partial charge in [0.15, 0.2) is 0 Å². The van der Waals surface area contributed by atoms with Gasteiger partial charge in [-0.1, -0.05) is 53.0 Å². The van der Waals surface area contributed by atoms with Crippen LogP contribution in [0.3, 0.4) is 0 Å². The SMILES string of the molecule is O=C(NCCSCc1ccc(Cl)cc1)C1CCN(Cc2ccc(Cl)cc2Cl)CC1. The predicted molar refractivity (Wildman–Crippen MR) is 125 cm³/mol. The average molecular weight is 472 g/mol. The second-order valence-corrected chi connectivity index (χ2v) is 9.64. The predicted octanol–water partition coefficient (Wildman–Crippen LogP) is 5.91. The van der Waals surface area contributed by atoms with Crippen molar-refractivity contribution in [3.8, 4) is 0 Å². The minimum absolute atomic E-state index is 0.105. The summed E-state index contributed by atoms with van der Waals surface area (Å²) in [5, 5.41) is 5.21. The summed E-state index contributed by atoms with van der Waals surface area (Å²) in [6.45, 7) is 3.31. The summed E-state index contributed by atoms with van der Waals surface area (Å²) >= 11 is 20.0. The van der Waals surface area contributed by atoms with E-state index in [4.69, 9.17) is 34.8 Å². The molecule has 0 spiro atoms. The van der Waals surface area contributed by atoms with Gasteiger partial charge in [-0.2, -0.15) is 11.8 Å². The second kappa shape index (κ2) is 11.5. The fourth-order valence-corrected chi connectivity index (χ4v) is 4.82. The van der Waals surface area contributed by atoms with Crippen molar-refractivity contribution in [3.63, 3.8) is 0 Å². The highest BCUT2D eigenvalue weighted by molar-refractivity contribution is 7.98. The van der Waals surface area contributed by atoms with E-state index >= 15 is 0 Å². The first-order valence-corrected chi connectivity index (χ1v) is 12.1. The van der Waals surface area contributed by atoms with Gasteiger partial charge >= 0.3 is 0 Å². The first kappa shape index (κ1) is 22.8. The van der Waals surface area contributed by atoms with Gasteiger partial charge in [-0.3, -0.25) is 9.69 Å². The van der Waals surface area contributed by atoms with Crippen LogP contribution in [0.2, 0.25) is 15.1 Å². The molecular formula is C22H25Cl3N2OS. The van der Waals surface area contributed by atoms with Gasteiger partial charge in [0.2, 0.25) is 5.91 Å². The molecule has 3 nitrogen and oxygen atoms in total. The third-order valence-electron chi connectivity index (χ3n) is 5.10. The van der Waals surface area contributed by atoms with Crippen LogP contribution < -0.4 is 5.32 Å². The van der Waals surface area contributed by atoms with Crippen LogP contribution in [0.15, 0.2) is 42.5 Å². The number of hydrogen-bond donors (Lipinski definition) is 1. The Balaban J connectivity index is 1.32. The number of likely N-dealkylation sites (tertiary alicyclic amines) is 1. The second-order valence-electron chi connectivity index (χ2n) is 7.26. The molecular weight excluding hydrogens is 447 g/mol. The largest absolute Gasteiger partial charge is 0.355 e. The molecule has 156 valence electrons. The molecule has 29 heavy (non-hydrogen) atoms. The lowest BCUT2D eigenvalue weighted by Crippen LogP contribution is -2.40. The number of carbonyl (C=O) groups is 1. The lowest BCUT2D eigenvalue weighted by atomic mass is 9.95. The summed E-state index contributed by atoms with van der Waals surface area (Å²) in [4.78, 5) is 14.8. The number of piperidine rings is 1. The van der Waals surface area contributed by atoms with Crippen LogP contribution in [-0.4, -0.2) is 36.2 Å². The standard InChI is InChI=1S/C22H25Cl3N2OS/c23-19-4-1-16(2-5-19)15-29-12-9-26-22(28)17-7-10-27(11-8-17)14-18-3-6-20(24)13-21(18)25/h1-6,13,17H,7-12,14-15H2,(H,26,28). The number of amides is 1. The highest BCUT2D eigenvalue weighted by Crippen LogP contribution is 2.25. The van der Waals surface area contributed by atoms with Gasteiger partial charge in [-0.05, 0) is 61.3 Å². The van der Waals surface area contributed by atoms with Crippen molar-refractivity contribution in [1.29, 1.82) is 0 Å². The van der Waals surface area contributed by atoms with Crippen molar-refractivity contribution < 1.29 is 4.79 Å². The summed E-state index contributed by atoms with van der Waals surface area (Å²) < 4.78 is 0. The van der Waals surface area contributed by atoms with Crippen LogP contribution in [0.4, 0.5) is 0 Å². The van der Waals surface area contributed by atoms with E-state index in [2.05, 4.69) is 10.2 Å². The molecule has 1 heterocycles. The molecule has 0 aromatic heterocycles. The fourth-order valence-electron chi connectivity index (χ4n) is 3.41. The maximum absolute atomic E-state index is 12.4. The Morgan fingerprint density at radius 1 is 1.03 bits per heavy atom. The van der Waals surface area contributed by atoms with Gasteiger partial charge in [-0.15, -0.1) is 0 Å². The van der Waals surface area contributed by atoms with Crippen LogP contribution in [0.25, 0.3) is 0 Å². The highest BCUT2D eigenvalue weighted by Gasteiger charge is 2.25. The zero-order valence-electron chi connectivity index (χ0n) is 16.2. The Labute approximate surface area is 192 Å². The van der Waals surface area contributed by atoms with Crippen LogP contribution in [0, 0.1) is 5.92 Å². The molecule has 1 saturated heterocycles. The van der Waals surface area contributed by atoms with Crippen molar-refractivity contribution in [2.75, 3.05) is 25.4 Å². The Morgan fingerprint density at radius 3 is 2.41 bits per heavy atom. The summed E-state index contributed by atoms with van der Waals surface area (Å²) in [5.74, 6) is 2.12. The molecule has 2 aromatic carbocycles. The van der Waals surface area contributed by atoms with Crippen molar-refractivity contribution in [3.05, 3.63) is 68.7 Å². The molecule has 3 rings (SSSR count). The minimum Gasteiger partial charge on any atom is -0.355 e. The van der Waals surface area contributed by atoms with Gasteiger partial charge in [-0.25, -0.2) is 0 Å². The molecule has 0 bridgehead atoms. The number of thioether (sulfide) groups is 1. The summed E-state index contributed by atoms with van der Waals surface area (Å²) in [7, 11) is 0. The van der Waals surface area contributed by atoms with Gasteiger partial charge in [0, 0.05) is 45.6 Å². The third kappa shape index (κ3) is 7.37. The van der Waals surface area contributed by atoms with Crippen LogP contribution >= 0.6 is 46.6 Å². The van der Waals surface area contributed by atoms with E-state index in [1.54, 1.807) is 6.07 Å². The van der Waals surface area contributed by atoms with Crippen molar-refractivity contribution in [2.24, 2.45) is 5.92 Å². The van der Waals surface area contributed by atoms with E-state index in [9.17, 15) is 4.79 Å². The Bertz CT molecular complexity index is 808. The average Bonchev–Trinajstić information content (AvgIpc) is 2.71. The number of halogens is 3. The Morgan fingerprint density at radius 2 is 1.72 bits per heavy atom. The molecule has 1 N–H and O–H groups in total. The maximum Gasteiger partial charge on any atom is 0.223 e. The van der Waals surface area contributed by atoms with Crippen molar-refractivity contribution >= 4 is 52.5 Å². The monoisotopic (exact) mass is 470 g/mol. The van der Waals surface area contributed by atoms with Gasteiger partial charge < -0.3 is 5.32 Å². The molecule has 1 aliphatic heterocycles. The van der Waals surface area contributed by atoms with Gasteiger partial charge in [0.05, 0.1) is 0 Å². The van der Waals surface area contributed by atoms with Gasteiger partial charge in [0.25, 0.3) is 0 Å². The number of hydrogen-bond acceptors (Lipinski definition) is 3. The number of nitrogens with one attached hydrogen (secondary N) is 1. The summed E-state index contributed by atoms with van der Waals surface area (Å²) in [6, 6.07) is 13.5. The molecule has 0 atom stereocenters. The smallest absolute Gasteiger partial charge is 0.223 e. The molecule has 0 saturated carbocycles. The highest BCUT2D eigenvalue weighted by atomic mass is 35.5. The number of rotatable bonds is 8. The van der Waals surface area contributed by atoms with Crippen molar-refractivity contribution in [2.45, 2.75) is 25.1 Å². The Kier molecular flexibility index (Phi) is 9.01. The zero-order chi connectivity index (χ0) is 20.6. The van der Waals surface area contributed by atoms with Crippen LogP contribution in [-0.2, 0) is 17.1 Å². The maximum atomic E-state index is 12.4. The van der Waals surface area contributed by atoms with Crippen LogP contribution in [0.1, 0.15) is 24.0 Å². The normalized spacial score (nSPS) is 15.4. The van der Waals surface area contributed by atoms with Crippen LogP contribution in [0.5, 0.6) is 0 Å². The van der Waals surface area contributed by atoms with Crippen molar-refractivity contribution in [1.82, 2.24) is 10.2 Å². The topological polar surface area (TPSA) is 32.3 Å².